The van der Waals surface area contributed by atoms with E-state index < -0.39 is 0 Å². The summed E-state index contributed by atoms with van der Waals surface area (Å²) in [5.74, 6) is 1.93. The Morgan fingerprint density at radius 3 is 3.00 bits per heavy atom. The Bertz CT molecular complexity index is 259. The van der Waals surface area contributed by atoms with Gasteiger partial charge in [0.1, 0.15) is 0 Å². The van der Waals surface area contributed by atoms with Crippen LogP contribution in [0.25, 0.3) is 0 Å². The van der Waals surface area contributed by atoms with Gasteiger partial charge in [-0.2, -0.15) is 0 Å². The van der Waals surface area contributed by atoms with Gasteiger partial charge < -0.3 is 5.32 Å². The van der Waals surface area contributed by atoms with E-state index in [4.69, 9.17) is 0 Å². The molecule has 0 spiro atoms. The van der Waals surface area contributed by atoms with Gasteiger partial charge in [0.05, 0.1) is 0 Å². The van der Waals surface area contributed by atoms with Crippen LogP contribution in [0.2, 0.25) is 0 Å². The topological polar surface area (TPSA) is 37.8 Å². The summed E-state index contributed by atoms with van der Waals surface area (Å²) in [5.41, 5.74) is 0. The van der Waals surface area contributed by atoms with Crippen molar-refractivity contribution in [3.63, 3.8) is 0 Å². The zero-order chi connectivity index (χ0) is 9.64. The van der Waals surface area contributed by atoms with E-state index in [1.54, 1.807) is 24.2 Å². The van der Waals surface area contributed by atoms with Crippen molar-refractivity contribution < 1.29 is 0 Å². The summed E-state index contributed by atoms with van der Waals surface area (Å²) in [6.45, 7) is 2.34. The van der Waals surface area contributed by atoms with Crippen LogP contribution < -0.4 is 5.32 Å². The first kappa shape index (κ1) is 9.93. The average molecular weight is 209 g/mol. The maximum absolute atomic E-state index is 4.19. The van der Waals surface area contributed by atoms with Crippen molar-refractivity contribution in [3.8, 4) is 0 Å². The number of aromatic nitrogens is 2. The van der Waals surface area contributed by atoms with Crippen LogP contribution in [0.15, 0.2) is 23.6 Å². The van der Waals surface area contributed by atoms with Crippen LogP contribution in [-0.4, -0.2) is 28.8 Å². The summed E-state index contributed by atoms with van der Waals surface area (Å²) in [7, 11) is 0. The highest BCUT2D eigenvalue weighted by molar-refractivity contribution is 7.99. The largest absolute Gasteiger partial charge is 0.316 e. The van der Waals surface area contributed by atoms with Crippen LogP contribution >= 0.6 is 11.8 Å². The van der Waals surface area contributed by atoms with Crippen molar-refractivity contribution in [3.05, 3.63) is 18.5 Å². The first-order chi connectivity index (χ1) is 6.95. The normalized spacial score (nSPS) is 22.1. The molecule has 1 aliphatic heterocycles. The summed E-state index contributed by atoms with van der Waals surface area (Å²) >= 11 is 1.76. The van der Waals surface area contributed by atoms with E-state index in [0.29, 0.717) is 0 Å². The fraction of sp³-hybridized carbons (Fsp3) is 0.600. The third-order valence-corrected chi connectivity index (χ3v) is 3.50. The molecular formula is C10H15N3S. The van der Waals surface area contributed by atoms with Gasteiger partial charge in [-0.15, -0.1) is 0 Å². The maximum Gasteiger partial charge on any atom is 0.187 e. The second kappa shape index (κ2) is 5.32. The van der Waals surface area contributed by atoms with E-state index in [9.17, 15) is 0 Å². The molecule has 4 heteroatoms. The van der Waals surface area contributed by atoms with E-state index in [2.05, 4.69) is 15.3 Å². The van der Waals surface area contributed by atoms with Crippen molar-refractivity contribution >= 4 is 11.8 Å². The van der Waals surface area contributed by atoms with Gasteiger partial charge in [0.25, 0.3) is 0 Å². The van der Waals surface area contributed by atoms with Crippen molar-refractivity contribution in [1.29, 1.82) is 0 Å². The molecule has 1 aromatic heterocycles. The van der Waals surface area contributed by atoms with Gasteiger partial charge in [0, 0.05) is 18.1 Å². The van der Waals surface area contributed by atoms with Gasteiger partial charge in [-0.25, -0.2) is 9.97 Å². The second-order valence-electron chi connectivity index (χ2n) is 3.55. The third-order valence-electron chi connectivity index (χ3n) is 2.39. The fourth-order valence-corrected chi connectivity index (χ4v) is 2.56. The summed E-state index contributed by atoms with van der Waals surface area (Å²) < 4.78 is 0. The molecule has 1 N–H and O–H groups in total. The molecule has 3 nitrogen and oxygen atoms in total. The molecule has 0 aromatic carbocycles. The Morgan fingerprint density at radius 1 is 1.43 bits per heavy atom. The maximum atomic E-state index is 4.19. The van der Waals surface area contributed by atoms with Gasteiger partial charge in [0.2, 0.25) is 0 Å². The lowest BCUT2D eigenvalue weighted by Gasteiger charge is -2.21. The Balaban J connectivity index is 1.76. The molecule has 0 radical (unpaired) electrons. The quantitative estimate of drug-likeness (QED) is 0.605. The summed E-state index contributed by atoms with van der Waals surface area (Å²) in [5, 5.41) is 4.32. The fourth-order valence-electron chi connectivity index (χ4n) is 1.62. The van der Waals surface area contributed by atoms with E-state index in [1.807, 2.05) is 6.07 Å². The van der Waals surface area contributed by atoms with E-state index >= 15 is 0 Å². The molecular weight excluding hydrogens is 194 g/mol. The first-order valence-electron chi connectivity index (χ1n) is 5.05. The van der Waals surface area contributed by atoms with Crippen molar-refractivity contribution in [1.82, 2.24) is 15.3 Å². The molecule has 14 heavy (non-hydrogen) atoms. The molecule has 2 rings (SSSR count). The summed E-state index contributed by atoms with van der Waals surface area (Å²) in [4.78, 5) is 8.39. The van der Waals surface area contributed by atoms with Gasteiger partial charge in [-0.3, -0.25) is 0 Å². The molecule has 0 saturated carbocycles. The lowest BCUT2D eigenvalue weighted by atomic mass is 10.0. The Labute approximate surface area is 88.7 Å². The zero-order valence-electron chi connectivity index (χ0n) is 8.15. The highest BCUT2D eigenvalue weighted by atomic mass is 32.2. The number of hydrogen-bond acceptors (Lipinski definition) is 4. The highest BCUT2D eigenvalue weighted by Gasteiger charge is 2.13. The monoisotopic (exact) mass is 209 g/mol. The van der Waals surface area contributed by atoms with Crippen molar-refractivity contribution in [2.24, 2.45) is 5.92 Å². The lowest BCUT2D eigenvalue weighted by molar-refractivity contribution is 0.410. The summed E-state index contributed by atoms with van der Waals surface area (Å²) in [6.07, 6.45) is 6.25. The zero-order valence-corrected chi connectivity index (χ0v) is 8.96. The first-order valence-corrected chi connectivity index (χ1v) is 6.04. The van der Waals surface area contributed by atoms with Gasteiger partial charge >= 0.3 is 0 Å². The van der Waals surface area contributed by atoms with Crippen LogP contribution in [-0.2, 0) is 0 Å². The predicted octanol–water partition coefficient (Wildman–Crippen LogP) is 1.57. The molecule has 1 fully saturated rings. The van der Waals surface area contributed by atoms with Gasteiger partial charge in [-0.1, -0.05) is 11.8 Å². The number of nitrogens with zero attached hydrogens (tertiary/aromatic N) is 2. The SMILES string of the molecule is c1cnc(SCC2CCCNC2)nc1. The molecule has 0 aliphatic carbocycles. The Hall–Kier alpha value is -0.610. The minimum Gasteiger partial charge on any atom is -0.316 e. The van der Waals surface area contributed by atoms with Crippen molar-refractivity contribution in [2.75, 3.05) is 18.8 Å². The molecule has 0 amide bonds. The minimum atomic E-state index is 0.789. The Kier molecular flexibility index (Phi) is 3.77. The van der Waals surface area contributed by atoms with Gasteiger partial charge in [-0.05, 0) is 37.9 Å². The number of piperidine rings is 1. The van der Waals surface area contributed by atoms with E-state index in [1.165, 1.54) is 19.4 Å². The minimum absolute atomic E-state index is 0.789. The second-order valence-corrected chi connectivity index (χ2v) is 4.54. The van der Waals surface area contributed by atoms with Crippen LogP contribution in [0.1, 0.15) is 12.8 Å². The predicted molar refractivity (Wildman–Crippen MR) is 58.3 cm³/mol. The molecule has 76 valence electrons. The van der Waals surface area contributed by atoms with Crippen LogP contribution in [0.3, 0.4) is 0 Å². The number of hydrogen-bond donors (Lipinski definition) is 1. The molecule has 1 unspecified atom stereocenters. The average Bonchev–Trinajstić information content (AvgIpc) is 2.29. The number of rotatable bonds is 3. The van der Waals surface area contributed by atoms with E-state index in [-0.39, 0.29) is 0 Å². The van der Waals surface area contributed by atoms with Crippen LogP contribution in [0.4, 0.5) is 0 Å². The number of nitrogens with one attached hydrogen (secondary N) is 1. The van der Waals surface area contributed by atoms with Crippen LogP contribution in [0, 0.1) is 5.92 Å². The molecule has 1 aliphatic rings. The van der Waals surface area contributed by atoms with E-state index in [0.717, 1.165) is 23.4 Å². The Morgan fingerprint density at radius 2 is 2.29 bits per heavy atom. The molecule has 0 bridgehead atoms. The molecule has 1 aromatic rings. The molecule has 2 heterocycles. The smallest absolute Gasteiger partial charge is 0.187 e. The molecule has 1 atom stereocenters. The molecule has 1 saturated heterocycles. The van der Waals surface area contributed by atoms with Crippen LogP contribution in [0.5, 0.6) is 0 Å². The highest BCUT2D eigenvalue weighted by Crippen LogP contribution is 2.20. The van der Waals surface area contributed by atoms with Crippen molar-refractivity contribution in [2.45, 2.75) is 18.0 Å². The number of thioether (sulfide) groups is 1. The lowest BCUT2D eigenvalue weighted by Crippen LogP contribution is -2.30. The summed E-state index contributed by atoms with van der Waals surface area (Å²) in [6, 6.07) is 1.85. The standard InChI is InChI=1S/C10H15N3S/c1-3-9(7-11-4-1)8-14-10-12-5-2-6-13-10/h2,5-6,9,11H,1,3-4,7-8H2. The van der Waals surface area contributed by atoms with Gasteiger partial charge in [0.15, 0.2) is 5.16 Å². The third kappa shape index (κ3) is 2.96.